The van der Waals surface area contributed by atoms with Gasteiger partial charge in [0.15, 0.2) is 0 Å². The number of hydrogen-bond donors (Lipinski definition) is 1. The van der Waals surface area contributed by atoms with Crippen LogP contribution in [0.3, 0.4) is 0 Å². The fraction of sp³-hybridized carbons (Fsp3) is 0.0588. The van der Waals surface area contributed by atoms with E-state index >= 15 is 0 Å². The van der Waals surface area contributed by atoms with Crippen molar-refractivity contribution in [3.05, 3.63) is 77.8 Å². The molecule has 1 heterocycles. The first-order valence-corrected chi connectivity index (χ1v) is 6.77. The molecule has 110 valence electrons. The van der Waals surface area contributed by atoms with Crippen LogP contribution in [0.15, 0.2) is 65.2 Å². The third-order valence-electron chi connectivity index (χ3n) is 3.15. The van der Waals surface area contributed by atoms with Crippen molar-refractivity contribution in [3.8, 4) is 11.3 Å². The molecular weight excluding hydrogens is 283 g/mol. The quantitative estimate of drug-likeness (QED) is 0.802. The molecule has 1 N–H and O–H groups in total. The second-order valence-corrected chi connectivity index (χ2v) is 4.76. The predicted octanol–water partition coefficient (Wildman–Crippen LogP) is 3.41. The van der Waals surface area contributed by atoms with Crippen LogP contribution in [0.1, 0.15) is 16.1 Å². The van der Waals surface area contributed by atoms with Gasteiger partial charge in [0.25, 0.3) is 5.91 Å². The van der Waals surface area contributed by atoms with Crippen LogP contribution >= 0.6 is 0 Å². The highest BCUT2D eigenvalue weighted by Gasteiger charge is 2.14. The van der Waals surface area contributed by atoms with Crippen molar-refractivity contribution in [2.75, 3.05) is 0 Å². The number of nitrogens with zero attached hydrogens (tertiary/aromatic N) is 1. The van der Waals surface area contributed by atoms with Gasteiger partial charge in [-0.25, -0.2) is 4.39 Å². The zero-order valence-electron chi connectivity index (χ0n) is 11.6. The molecule has 0 saturated heterocycles. The molecule has 0 unspecified atom stereocenters. The van der Waals surface area contributed by atoms with E-state index in [2.05, 4.69) is 10.5 Å². The van der Waals surface area contributed by atoms with E-state index in [-0.39, 0.29) is 17.5 Å². The highest BCUT2D eigenvalue weighted by molar-refractivity contribution is 5.92. The van der Waals surface area contributed by atoms with Crippen molar-refractivity contribution in [1.82, 2.24) is 10.5 Å². The number of rotatable bonds is 4. The van der Waals surface area contributed by atoms with Gasteiger partial charge in [0.1, 0.15) is 11.5 Å². The largest absolute Gasteiger partial charge is 0.350 e. The number of hydrogen-bond acceptors (Lipinski definition) is 3. The summed E-state index contributed by atoms with van der Waals surface area (Å²) in [5, 5.41) is 6.55. The van der Waals surface area contributed by atoms with Crippen LogP contribution < -0.4 is 5.32 Å². The first-order valence-electron chi connectivity index (χ1n) is 6.77. The minimum atomic E-state index is -0.365. The highest BCUT2D eigenvalue weighted by Crippen LogP contribution is 2.19. The molecule has 1 aromatic heterocycles. The lowest BCUT2D eigenvalue weighted by atomic mass is 10.1. The standard InChI is InChI=1S/C17H13FN2O2/c18-14-8-4-7-13(9-14)15-10-16(22-20-15)17(21)19-11-12-5-2-1-3-6-12/h1-10H,11H2,(H,19,21). The van der Waals surface area contributed by atoms with Gasteiger partial charge in [-0.15, -0.1) is 0 Å². The molecule has 3 rings (SSSR count). The van der Waals surface area contributed by atoms with E-state index in [1.54, 1.807) is 12.1 Å². The SMILES string of the molecule is O=C(NCc1ccccc1)c1cc(-c2cccc(F)c2)no1. The van der Waals surface area contributed by atoms with Crippen molar-refractivity contribution in [2.45, 2.75) is 6.54 Å². The summed E-state index contributed by atoms with van der Waals surface area (Å²) in [5.74, 6) is -0.634. The van der Waals surface area contributed by atoms with Crippen LogP contribution in [0.25, 0.3) is 11.3 Å². The molecule has 0 bridgehead atoms. The minimum Gasteiger partial charge on any atom is -0.350 e. The Labute approximate surface area is 126 Å². The highest BCUT2D eigenvalue weighted by atomic mass is 19.1. The Morgan fingerprint density at radius 2 is 1.91 bits per heavy atom. The van der Waals surface area contributed by atoms with Gasteiger partial charge < -0.3 is 9.84 Å². The smallest absolute Gasteiger partial charge is 0.290 e. The maximum atomic E-state index is 13.2. The number of amides is 1. The Kier molecular flexibility index (Phi) is 3.96. The Hall–Kier alpha value is -2.95. The van der Waals surface area contributed by atoms with Crippen molar-refractivity contribution >= 4 is 5.91 Å². The van der Waals surface area contributed by atoms with Crippen molar-refractivity contribution in [1.29, 1.82) is 0 Å². The number of nitrogens with one attached hydrogen (secondary N) is 1. The van der Waals surface area contributed by atoms with Crippen LogP contribution in [0, 0.1) is 5.82 Å². The van der Waals surface area contributed by atoms with E-state index < -0.39 is 0 Å². The molecule has 0 aliphatic carbocycles. The monoisotopic (exact) mass is 296 g/mol. The molecule has 0 fully saturated rings. The summed E-state index contributed by atoms with van der Waals surface area (Å²) in [6.07, 6.45) is 0. The third kappa shape index (κ3) is 3.20. The van der Waals surface area contributed by atoms with Gasteiger partial charge in [0.05, 0.1) is 0 Å². The molecule has 1 amide bonds. The van der Waals surface area contributed by atoms with E-state index in [0.29, 0.717) is 17.8 Å². The average Bonchev–Trinajstić information content (AvgIpc) is 3.04. The molecule has 0 spiro atoms. The van der Waals surface area contributed by atoms with Crippen molar-refractivity contribution < 1.29 is 13.7 Å². The molecule has 0 atom stereocenters. The summed E-state index contributed by atoms with van der Waals surface area (Å²) in [6, 6.07) is 17.0. The van der Waals surface area contributed by atoms with Crippen molar-refractivity contribution in [2.24, 2.45) is 0 Å². The number of aromatic nitrogens is 1. The van der Waals surface area contributed by atoms with E-state index in [1.165, 1.54) is 18.2 Å². The van der Waals surface area contributed by atoms with Gasteiger partial charge in [-0.1, -0.05) is 47.6 Å². The molecule has 22 heavy (non-hydrogen) atoms. The average molecular weight is 296 g/mol. The molecule has 0 radical (unpaired) electrons. The molecule has 0 saturated carbocycles. The van der Waals surface area contributed by atoms with Crippen LogP contribution in [0.2, 0.25) is 0 Å². The lowest BCUT2D eigenvalue weighted by molar-refractivity contribution is 0.0914. The molecule has 5 heteroatoms. The number of benzene rings is 2. The summed E-state index contributed by atoms with van der Waals surface area (Å²) in [4.78, 5) is 12.0. The molecular formula is C17H13FN2O2. The topological polar surface area (TPSA) is 55.1 Å². The van der Waals surface area contributed by atoms with Crippen molar-refractivity contribution in [3.63, 3.8) is 0 Å². The fourth-order valence-electron chi connectivity index (χ4n) is 2.03. The minimum absolute atomic E-state index is 0.0928. The van der Waals surface area contributed by atoms with Gasteiger partial charge in [-0.3, -0.25) is 4.79 Å². The van der Waals surface area contributed by atoms with E-state index in [1.807, 2.05) is 30.3 Å². The summed E-state index contributed by atoms with van der Waals surface area (Å²) < 4.78 is 18.2. The second kappa shape index (κ2) is 6.22. The normalized spacial score (nSPS) is 10.4. The maximum absolute atomic E-state index is 13.2. The summed E-state index contributed by atoms with van der Waals surface area (Å²) in [5.41, 5.74) is 1.97. The number of carbonyl (C=O) groups excluding carboxylic acids is 1. The van der Waals surface area contributed by atoms with Gasteiger partial charge in [-0.2, -0.15) is 0 Å². The lowest BCUT2D eigenvalue weighted by Gasteiger charge is -2.01. The summed E-state index contributed by atoms with van der Waals surface area (Å²) in [7, 11) is 0. The Morgan fingerprint density at radius 3 is 2.68 bits per heavy atom. The molecule has 0 aliphatic rings. The molecule has 4 nitrogen and oxygen atoms in total. The second-order valence-electron chi connectivity index (χ2n) is 4.76. The first kappa shape index (κ1) is 14.0. The van der Waals surface area contributed by atoms with Gasteiger partial charge in [0.2, 0.25) is 5.76 Å². The Balaban J connectivity index is 1.69. The number of halogens is 1. The van der Waals surface area contributed by atoms with E-state index in [4.69, 9.17) is 4.52 Å². The fourth-order valence-corrected chi connectivity index (χ4v) is 2.03. The van der Waals surface area contributed by atoms with Crippen LogP contribution in [-0.4, -0.2) is 11.1 Å². The first-order chi connectivity index (χ1) is 10.7. The lowest BCUT2D eigenvalue weighted by Crippen LogP contribution is -2.22. The van der Waals surface area contributed by atoms with E-state index in [9.17, 15) is 9.18 Å². The zero-order valence-corrected chi connectivity index (χ0v) is 11.6. The van der Waals surface area contributed by atoms with Gasteiger partial charge in [0, 0.05) is 18.2 Å². The Bertz CT molecular complexity index is 784. The predicted molar refractivity (Wildman–Crippen MR) is 79.5 cm³/mol. The summed E-state index contributed by atoms with van der Waals surface area (Å²) in [6.45, 7) is 0.398. The van der Waals surface area contributed by atoms with Gasteiger partial charge in [-0.05, 0) is 17.7 Å². The van der Waals surface area contributed by atoms with Crippen LogP contribution in [0.4, 0.5) is 4.39 Å². The van der Waals surface area contributed by atoms with Gasteiger partial charge >= 0.3 is 0 Å². The third-order valence-corrected chi connectivity index (χ3v) is 3.15. The molecule has 3 aromatic rings. The van der Waals surface area contributed by atoms with Crippen LogP contribution in [-0.2, 0) is 6.54 Å². The molecule has 0 aliphatic heterocycles. The maximum Gasteiger partial charge on any atom is 0.290 e. The molecule has 2 aromatic carbocycles. The van der Waals surface area contributed by atoms with E-state index in [0.717, 1.165) is 5.56 Å². The van der Waals surface area contributed by atoms with Crippen LogP contribution in [0.5, 0.6) is 0 Å². The number of carbonyl (C=O) groups is 1. The zero-order chi connectivity index (χ0) is 15.4. The Morgan fingerprint density at radius 1 is 1.09 bits per heavy atom. The summed E-state index contributed by atoms with van der Waals surface area (Å²) >= 11 is 0.